The van der Waals surface area contributed by atoms with Gasteiger partial charge in [-0.05, 0) is 17.2 Å². The van der Waals surface area contributed by atoms with E-state index in [1.807, 2.05) is 29.0 Å². The van der Waals surface area contributed by atoms with Gasteiger partial charge < -0.3 is 5.32 Å². The van der Waals surface area contributed by atoms with Gasteiger partial charge in [0.2, 0.25) is 0 Å². The van der Waals surface area contributed by atoms with E-state index in [1.54, 1.807) is 11.3 Å². The molecule has 0 fully saturated rings. The van der Waals surface area contributed by atoms with Gasteiger partial charge in [0, 0.05) is 28.8 Å². The predicted molar refractivity (Wildman–Crippen MR) is 72.2 cm³/mol. The molecule has 3 rings (SSSR count). The van der Waals surface area contributed by atoms with Crippen molar-refractivity contribution in [1.82, 2.24) is 0 Å². The number of hydrogen-bond acceptors (Lipinski definition) is 4. The van der Waals surface area contributed by atoms with E-state index in [0.717, 1.165) is 22.4 Å². The molecule has 3 nitrogen and oxygen atoms in total. The molecular formula is C14H10N2OS. The standard InChI is InChI=1S/C14H10N2OS/c15-5-4-9-6-10-2-1-3-13(17)14(10)16-12-8-18-7-11(9)12/h1-2,4,6-8,14,16H,3H2. The maximum Gasteiger partial charge on any atom is 0.163 e. The third kappa shape index (κ3) is 1.69. The normalized spacial score (nSPS) is 23.5. The summed E-state index contributed by atoms with van der Waals surface area (Å²) < 4.78 is 0. The van der Waals surface area contributed by atoms with Gasteiger partial charge >= 0.3 is 0 Å². The molecule has 1 unspecified atom stereocenters. The lowest BCUT2D eigenvalue weighted by molar-refractivity contribution is -0.118. The lowest BCUT2D eigenvalue weighted by atomic mass is 9.94. The summed E-state index contributed by atoms with van der Waals surface area (Å²) >= 11 is 1.56. The highest BCUT2D eigenvalue weighted by Gasteiger charge is 2.27. The molecule has 0 spiro atoms. The second-order valence-corrected chi connectivity index (χ2v) is 4.97. The summed E-state index contributed by atoms with van der Waals surface area (Å²) in [5, 5.41) is 16.1. The molecule has 1 aliphatic heterocycles. The van der Waals surface area contributed by atoms with Gasteiger partial charge in [0.25, 0.3) is 0 Å². The molecule has 2 heterocycles. The van der Waals surface area contributed by atoms with Crippen LogP contribution in [0.5, 0.6) is 0 Å². The zero-order chi connectivity index (χ0) is 12.5. The van der Waals surface area contributed by atoms with Crippen molar-refractivity contribution >= 4 is 28.4 Å². The van der Waals surface area contributed by atoms with Gasteiger partial charge in [-0.3, -0.25) is 4.79 Å². The van der Waals surface area contributed by atoms with Crippen LogP contribution in [-0.4, -0.2) is 11.8 Å². The molecule has 0 saturated heterocycles. The van der Waals surface area contributed by atoms with E-state index in [4.69, 9.17) is 5.26 Å². The summed E-state index contributed by atoms with van der Waals surface area (Å²) in [5.74, 6) is 0.166. The molecule has 4 heteroatoms. The van der Waals surface area contributed by atoms with E-state index in [0.29, 0.717) is 6.42 Å². The van der Waals surface area contributed by atoms with E-state index in [-0.39, 0.29) is 11.8 Å². The van der Waals surface area contributed by atoms with Crippen LogP contribution < -0.4 is 5.32 Å². The van der Waals surface area contributed by atoms with E-state index in [2.05, 4.69) is 11.4 Å². The van der Waals surface area contributed by atoms with Crippen LogP contribution in [0.1, 0.15) is 12.0 Å². The molecular weight excluding hydrogens is 244 g/mol. The molecule has 1 aromatic rings. The van der Waals surface area contributed by atoms with Gasteiger partial charge in [0.1, 0.15) is 6.04 Å². The van der Waals surface area contributed by atoms with E-state index in [1.165, 1.54) is 6.08 Å². The lowest BCUT2D eigenvalue weighted by Crippen LogP contribution is -2.32. The minimum absolute atomic E-state index is 0.166. The van der Waals surface area contributed by atoms with Gasteiger partial charge in [0.15, 0.2) is 5.78 Å². The quantitative estimate of drug-likeness (QED) is 0.724. The van der Waals surface area contributed by atoms with Crippen molar-refractivity contribution in [3.63, 3.8) is 0 Å². The molecule has 1 N–H and O–H groups in total. The first-order valence-corrected chi connectivity index (χ1v) is 6.57. The smallest absolute Gasteiger partial charge is 0.163 e. The number of fused-ring (bicyclic) bond motifs is 2. The zero-order valence-electron chi connectivity index (χ0n) is 9.51. The number of ketones is 1. The van der Waals surface area contributed by atoms with E-state index < -0.39 is 0 Å². The molecule has 1 aliphatic carbocycles. The molecule has 2 aliphatic rings. The van der Waals surface area contributed by atoms with Crippen LogP contribution in [0.3, 0.4) is 0 Å². The Morgan fingerprint density at radius 3 is 3.22 bits per heavy atom. The Hall–Kier alpha value is -2.12. The molecule has 1 atom stereocenters. The first-order chi connectivity index (χ1) is 8.79. The highest BCUT2D eigenvalue weighted by atomic mass is 32.1. The number of nitrogens with zero attached hydrogens (tertiary/aromatic N) is 1. The second kappa shape index (κ2) is 4.28. The van der Waals surface area contributed by atoms with Crippen molar-refractivity contribution in [1.29, 1.82) is 5.26 Å². The summed E-state index contributed by atoms with van der Waals surface area (Å²) in [4.78, 5) is 11.9. The summed E-state index contributed by atoms with van der Waals surface area (Å²) in [6.07, 6.45) is 7.74. The van der Waals surface area contributed by atoms with E-state index >= 15 is 0 Å². The Kier molecular flexibility index (Phi) is 2.62. The van der Waals surface area contributed by atoms with Crippen molar-refractivity contribution < 1.29 is 4.79 Å². The number of carbonyl (C=O) groups excluding carboxylic acids is 1. The summed E-state index contributed by atoms with van der Waals surface area (Å²) in [5.41, 5.74) is 3.71. The number of anilines is 1. The SMILES string of the molecule is N#CC=C1C=C2C=CCC(=O)C2Nc2cscc21. The molecule has 0 bridgehead atoms. The zero-order valence-corrected chi connectivity index (χ0v) is 10.3. The minimum atomic E-state index is -0.284. The first kappa shape index (κ1) is 11.0. The monoisotopic (exact) mass is 254 g/mol. The molecule has 0 radical (unpaired) electrons. The number of carbonyl (C=O) groups is 1. The summed E-state index contributed by atoms with van der Waals surface area (Å²) in [6.45, 7) is 0. The van der Waals surface area contributed by atoms with Crippen molar-refractivity contribution in [2.24, 2.45) is 0 Å². The van der Waals surface area contributed by atoms with Crippen molar-refractivity contribution in [2.75, 3.05) is 5.32 Å². The Bertz CT molecular complexity index is 643. The fourth-order valence-electron chi connectivity index (χ4n) is 2.24. The lowest BCUT2D eigenvalue weighted by Gasteiger charge is -2.20. The fourth-order valence-corrected chi connectivity index (χ4v) is 3.04. The topological polar surface area (TPSA) is 52.9 Å². The van der Waals surface area contributed by atoms with Crippen molar-refractivity contribution in [3.8, 4) is 6.07 Å². The molecule has 0 aromatic carbocycles. The average Bonchev–Trinajstić information content (AvgIpc) is 2.75. The van der Waals surface area contributed by atoms with Gasteiger partial charge in [-0.1, -0.05) is 12.2 Å². The number of thiophene rings is 1. The number of rotatable bonds is 0. The average molecular weight is 254 g/mol. The number of Topliss-reactive ketones (excluding diaryl/α,β-unsaturated/α-hetero) is 1. The summed E-state index contributed by atoms with van der Waals surface area (Å²) in [6, 6.07) is 1.78. The van der Waals surface area contributed by atoms with Crippen LogP contribution in [0.25, 0.3) is 5.57 Å². The highest BCUT2D eigenvalue weighted by Crippen LogP contribution is 2.35. The van der Waals surface area contributed by atoms with Gasteiger partial charge in [-0.25, -0.2) is 0 Å². The molecule has 18 heavy (non-hydrogen) atoms. The first-order valence-electron chi connectivity index (χ1n) is 5.63. The summed E-state index contributed by atoms with van der Waals surface area (Å²) in [7, 11) is 0. The fraction of sp³-hybridized carbons (Fsp3) is 0.143. The predicted octanol–water partition coefficient (Wildman–Crippen LogP) is 2.90. The van der Waals surface area contributed by atoms with Crippen molar-refractivity contribution in [2.45, 2.75) is 12.5 Å². The maximum atomic E-state index is 11.9. The van der Waals surface area contributed by atoms with Crippen LogP contribution >= 0.6 is 11.3 Å². The third-order valence-corrected chi connectivity index (χ3v) is 3.84. The molecule has 0 amide bonds. The van der Waals surface area contributed by atoms with Crippen LogP contribution in [0.2, 0.25) is 0 Å². The van der Waals surface area contributed by atoms with E-state index in [9.17, 15) is 4.79 Å². The van der Waals surface area contributed by atoms with Gasteiger partial charge in [0.05, 0.1) is 11.8 Å². The van der Waals surface area contributed by atoms with Crippen LogP contribution in [0.4, 0.5) is 5.69 Å². The molecule has 88 valence electrons. The number of hydrogen-bond donors (Lipinski definition) is 1. The Morgan fingerprint density at radius 2 is 2.39 bits per heavy atom. The number of nitriles is 1. The Morgan fingerprint density at radius 1 is 1.50 bits per heavy atom. The maximum absolute atomic E-state index is 11.9. The third-order valence-electron chi connectivity index (χ3n) is 3.10. The van der Waals surface area contributed by atoms with Crippen molar-refractivity contribution in [3.05, 3.63) is 46.2 Å². The number of allylic oxidation sites excluding steroid dienone is 4. The van der Waals surface area contributed by atoms with Gasteiger partial charge in [-0.15, -0.1) is 11.3 Å². The number of nitrogens with one attached hydrogen (secondary N) is 1. The van der Waals surface area contributed by atoms with Crippen LogP contribution in [0, 0.1) is 11.3 Å². The molecule has 0 saturated carbocycles. The minimum Gasteiger partial charge on any atom is -0.370 e. The highest BCUT2D eigenvalue weighted by molar-refractivity contribution is 7.08. The van der Waals surface area contributed by atoms with Crippen LogP contribution in [0.15, 0.2) is 40.6 Å². The van der Waals surface area contributed by atoms with Gasteiger partial charge in [-0.2, -0.15) is 5.26 Å². The Balaban J connectivity index is 2.18. The Labute approximate surface area is 109 Å². The largest absolute Gasteiger partial charge is 0.370 e. The second-order valence-electron chi connectivity index (χ2n) is 4.22. The molecule has 1 aromatic heterocycles. The van der Waals surface area contributed by atoms with Crippen LogP contribution in [-0.2, 0) is 4.79 Å².